The van der Waals surface area contributed by atoms with E-state index in [0.717, 1.165) is 29.3 Å². The smallest absolute Gasteiger partial charge is 0.321 e. The fourth-order valence-corrected chi connectivity index (χ4v) is 3.61. The molecule has 0 atom stereocenters. The molecule has 0 saturated heterocycles. The lowest BCUT2D eigenvalue weighted by atomic mass is 10.2. The second-order valence-electron chi connectivity index (χ2n) is 6.97. The van der Waals surface area contributed by atoms with E-state index in [1.54, 1.807) is 4.57 Å². The van der Waals surface area contributed by atoms with Crippen molar-refractivity contribution in [1.29, 1.82) is 0 Å². The number of imidazole rings is 1. The molecule has 1 aromatic carbocycles. The van der Waals surface area contributed by atoms with E-state index in [4.69, 9.17) is 16.6 Å². The highest BCUT2D eigenvalue weighted by Gasteiger charge is 2.18. The third kappa shape index (κ3) is 4.05. The molecule has 150 valence electrons. The predicted octanol–water partition coefficient (Wildman–Crippen LogP) is 2.99. The van der Waals surface area contributed by atoms with Gasteiger partial charge in [0.2, 0.25) is 0 Å². The van der Waals surface area contributed by atoms with Crippen LogP contribution >= 0.6 is 11.6 Å². The van der Waals surface area contributed by atoms with Gasteiger partial charge in [-0.2, -0.15) is 0 Å². The normalized spacial score (nSPS) is 11.6. The molecule has 0 bridgehead atoms. The first-order valence-corrected chi connectivity index (χ1v) is 9.98. The molecule has 0 unspecified atom stereocenters. The van der Waals surface area contributed by atoms with E-state index < -0.39 is 5.69 Å². The SMILES string of the molecule is CCCCn1c(=O)[nH]c(=O)c2c1nc(CN(C)Cc1ccccc1Cl)n2CC. The lowest BCUT2D eigenvalue weighted by molar-refractivity contribution is 0.306. The maximum Gasteiger partial charge on any atom is 0.330 e. The average Bonchev–Trinajstić information content (AvgIpc) is 3.01. The quantitative estimate of drug-likeness (QED) is 0.627. The predicted molar refractivity (Wildman–Crippen MR) is 112 cm³/mol. The number of H-pyrrole nitrogens is 1. The van der Waals surface area contributed by atoms with Crippen molar-refractivity contribution in [1.82, 2.24) is 24.0 Å². The maximum atomic E-state index is 12.5. The summed E-state index contributed by atoms with van der Waals surface area (Å²) in [4.78, 5) is 34.0. The lowest BCUT2D eigenvalue weighted by Gasteiger charge is -2.17. The summed E-state index contributed by atoms with van der Waals surface area (Å²) >= 11 is 6.27. The van der Waals surface area contributed by atoms with Gasteiger partial charge in [0.1, 0.15) is 5.82 Å². The van der Waals surface area contributed by atoms with Gasteiger partial charge in [-0.15, -0.1) is 0 Å². The molecule has 0 radical (unpaired) electrons. The molecule has 0 aliphatic rings. The molecular weight excluding hydrogens is 378 g/mol. The maximum absolute atomic E-state index is 12.5. The largest absolute Gasteiger partial charge is 0.330 e. The molecule has 3 rings (SSSR count). The first-order valence-electron chi connectivity index (χ1n) is 9.60. The summed E-state index contributed by atoms with van der Waals surface area (Å²) in [6.45, 7) is 6.37. The highest BCUT2D eigenvalue weighted by atomic mass is 35.5. The molecule has 2 aromatic heterocycles. The summed E-state index contributed by atoms with van der Waals surface area (Å²) in [5.74, 6) is 0.758. The number of hydrogen-bond donors (Lipinski definition) is 1. The molecule has 0 saturated carbocycles. The van der Waals surface area contributed by atoms with Crippen molar-refractivity contribution in [2.45, 2.75) is 52.9 Å². The van der Waals surface area contributed by atoms with Crippen LogP contribution in [0.25, 0.3) is 11.2 Å². The van der Waals surface area contributed by atoms with E-state index in [9.17, 15) is 9.59 Å². The molecule has 2 heterocycles. The molecule has 28 heavy (non-hydrogen) atoms. The van der Waals surface area contributed by atoms with E-state index in [1.165, 1.54) is 0 Å². The first-order chi connectivity index (χ1) is 13.5. The molecule has 8 heteroatoms. The van der Waals surface area contributed by atoms with Crippen molar-refractivity contribution in [3.05, 3.63) is 61.5 Å². The Hall–Kier alpha value is -2.38. The summed E-state index contributed by atoms with van der Waals surface area (Å²) in [5, 5.41) is 0.725. The van der Waals surface area contributed by atoms with Gasteiger partial charge in [0, 0.05) is 24.7 Å². The lowest BCUT2D eigenvalue weighted by Crippen LogP contribution is -2.31. The number of fused-ring (bicyclic) bond motifs is 1. The van der Waals surface area contributed by atoms with Gasteiger partial charge in [0.05, 0.1) is 6.54 Å². The number of hydrogen-bond acceptors (Lipinski definition) is 4. The van der Waals surface area contributed by atoms with Gasteiger partial charge in [0.15, 0.2) is 11.2 Å². The molecule has 0 fully saturated rings. The topological polar surface area (TPSA) is 75.9 Å². The molecule has 0 aliphatic carbocycles. The van der Waals surface area contributed by atoms with Gasteiger partial charge in [-0.1, -0.05) is 43.1 Å². The van der Waals surface area contributed by atoms with Gasteiger partial charge in [0.25, 0.3) is 5.56 Å². The number of unbranched alkanes of at least 4 members (excludes halogenated alkanes) is 1. The minimum atomic E-state index is -0.400. The molecule has 3 aromatic rings. The van der Waals surface area contributed by atoms with Gasteiger partial charge >= 0.3 is 5.69 Å². The third-order valence-corrected chi connectivity index (χ3v) is 5.19. The van der Waals surface area contributed by atoms with Crippen molar-refractivity contribution in [2.75, 3.05) is 7.05 Å². The molecule has 0 amide bonds. The number of halogens is 1. The Bertz CT molecular complexity index is 1080. The number of nitrogens with one attached hydrogen (secondary N) is 1. The Labute approximate surface area is 168 Å². The minimum absolute atomic E-state index is 0.387. The van der Waals surface area contributed by atoms with Crippen LogP contribution in [0.15, 0.2) is 33.9 Å². The van der Waals surface area contributed by atoms with E-state index in [1.807, 2.05) is 42.8 Å². The Balaban J connectivity index is 1.99. The number of aromatic amines is 1. The number of aromatic nitrogens is 4. The van der Waals surface area contributed by atoms with Gasteiger partial charge in [-0.3, -0.25) is 19.2 Å². The molecular formula is C20H26ClN5O2. The van der Waals surface area contributed by atoms with Gasteiger partial charge in [-0.25, -0.2) is 9.78 Å². The van der Waals surface area contributed by atoms with Crippen LogP contribution in [0, 0.1) is 0 Å². The second kappa shape index (κ2) is 8.75. The molecule has 0 aliphatic heterocycles. The minimum Gasteiger partial charge on any atom is -0.321 e. The van der Waals surface area contributed by atoms with E-state index in [0.29, 0.717) is 37.3 Å². The standard InChI is InChI=1S/C20H26ClN5O2/c1-4-6-11-26-18-17(19(27)23-20(26)28)25(5-2)16(22-18)13-24(3)12-14-9-7-8-10-15(14)21/h7-10H,4-6,11-13H2,1-3H3,(H,23,27,28). The first kappa shape index (κ1) is 20.4. The Morgan fingerprint density at radius 2 is 1.89 bits per heavy atom. The fourth-order valence-electron chi connectivity index (χ4n) is 3.42. The zero-order chi connectivity index (χ0) is 20.3. The van der Waals surface area contributed by atoms with E-state index in [2.05, 4.69) is 16.8 Å². The van der Waals surface area contributed by atoms with Crippen molar-refractivity contribution in [2.24, 2.45) is 0 Å². The number of nitrogens with zero attached hydrogens (tertiary/aromatic N) is 4. The van der Waals surface area contributed by atoms with Crippen molar-refractivity contribution in [3.63, 3.8) is 0 Å². The van der Waals surface area contributed by atoms with Crippen LogP contribution in [0.3, 0.4) is 0 Å². The van der Waals surface area contributed by atoms with Crippen LogP contribution in [0.4, 0.5) is 0 Å². The van der Waals surface area contributed by atoms with Crippen molar-refractivity contribution >= 4 is 22.8 Å². The summed E-state index contributed by atoms with van der Waals surface area (Å²) < 4.78 is 3.46. The second-order valence-corrected chi connectivity index (χ2v) is 7.38. The zero-order valence-electron chi connectivity index (χ0n) is 16.5. The van der Waals surface area contributed by atoms with Crippen molar-refractivity contribution < 1.29 is 0 Å². The summed E-state index contributed by atoms with van der Waals surface area (Å²) in [7, 11) is 1.98. The van der Waals surface area contributed by atoms with Gasteiger partial charge < -0.3 is 4.57 Å². The van der Waals surface area contributed by atoms with Crippen molar-refractivity contribution in [3.8, 4) is 0 Å². The Morgan fingerprint density at radius 3 is 2.57 bits per heavy atom. The molecule has 1 N–H and O–H groups in total. The number of aryl methyl sites for hydroxylation is 2. The monoisotopic (exact) mass is 403 g/mol. The molecule has 0 spiro atoms. The van der Waals surface area contributed by atoms with Crippen LogP contribution < -0.4 is 11.2 Å². The number of benzene rings is 1. The zero-order valence-corrected chi connectivity index (χ0v) is 17.3. The van der Waals surface area contributed by atoms with E-state index >= 15 is 0 Å². The third-order valence-electron chi connectivity index (χ3n) is 4.83. The Kier molecular flexibility index (Phi) is 6.36. The van der Waals surface area contributed by atoms with Crippen LogP contribution in [-0.4, -0.2) is 31.0 Å². The van der Waals surface area contributed by atoms with E-state index in [-0.39, 0.29) is 5.56 Å². The average molecular weight is 404 g/mol. The number of rotatable bonds is 8. The van der Waals surface area contributed by atoms with Crippen LogP contribution in [0.5, 0.6) is 0 Å². The van der Waals surface area contributed by atoms with Gasteiger partial charge in [-0.05, 0) is 32.0 Å². The summed E-state index contributed by atoms with van der Waals surface area (Å²) in [6.07, 6.45) is 1.80. The Morgan fingerprint density at radius 1 is 1.14 bits per heavy atom. The van der Waals surface area contributed by atoms with Crippen LogP contribution in [0.2, 0.25) is 5.02 Å². The fraction of sp³-hybridized carbons (Fsp3) is 0.450. The molecule has 7 nitrogen and oxygen atoms in total. The summed E-state index contributed by atoms with van der Waals surface area (Å²) in [5.41, 5.74) is 1.16. The summed E-state index contributed by atoms with van der Waals surface area (Å²) in [6, 6.07) is 7.74. The van der Waals surface area contributed by atoms with Crippen LogP contribution in [-0.2, 0) is 26.2 Å². The highest BCUT2D eigenvalue weighted by molar-refractivity contribution is 6.31. The highest BCUT2D eigenvalue weighted by Crippen LogP contribution is 2.18. The van der Waals surface area contributed by atoms with Crippen LogP contribution in [0.1, 0.15) is 38.1 Å².